The van der Waals surface area contributed by atoms with Gasteiger partial charge in [0.25, 0.3) is 0 Å². The van der Waals surface area contributed by atoms with Crippen LogP contribution in [0.15, 0.2) is 48.5 Å². The van der Waals surface area contributed by atoms with Crippen molar-refractivity contribution in [3.8, 4) is 11.3 Å². The predicted molar refractivity (Wildman–Crippen MR) is 133 cm³/mol. The first kappa shape index (κ1) is 25.2. The van der Waals surface area contributed by atoms with Crippen molar-refractivity contribution in [1.29, 1.82) is 0 Å². The summed E-state index contributed by atoms with van der Waals surface area (Å²) in [5.74, 6) is 0.794. The van der Waals surface area contributed by atoms with Crippen molar-refractivity contribution >= 4 is 59.0 Å². The third-order valence-electron chi connectivity index (χ3n) is 5.50. The number of Topliss-reactive ketones (excluding diaryl/α,β-unsaturated/α-hetero) is 1. The summed E-state index contributed by atoms with van der Waals surface area (Å²) in [6.45, 7) is 9.71. The van der Waals surface area contributed by atoms with Gasteiger partial charge in [-0.3, -0.25) is 9.20 Å². The SMILES string of the molecule is CCN(CC)CCn1c2ccccc2n2c(C(C)=O)c(-c3ccc(Cl)cc3)nc12.Cl.Cl. The lowest BCUT2D eigenvalue weighted by Gasteiger charge is -2.18. The summed E-state index contributed by atoms with van der Waals surface area (Å²) in [5, 5.41) is 0.663. The number of halogens is 3. The topological polar surface area (TPSA) is 42.5 Å². The van der Waals surface area contributed by atoms with E-state index in [2.05, 4.69) is 35.4 Å². The number of hydrogen-bond acceptors (Lipinski definition) is 3. The van der Waals surface area contributed by atoms with Crippen LogP contribution in [-0.2, 0) is 6.54 Å². The molecular weight excluding hydrogens is 455 g/mol. The number of nitrogens with zero attached hydrogens (tertiary/aromatic N) is 4. The first-order valence-corrected chi connectivity index (χ1v) is 10.4. The summed E-state index contributed by atoms with van der Waals surface area (Å²) in [4.78, 5) is 20.0. The minimum Gasteiger partial charge on any atom is -0.308 e. The number of aromatic nitrogens is 3. The molecule has 2 aromatic heterocycles. The number of carbonyl (C=O) groups is 1. The van der Waals surface area contributed by atoms with E-state index >= 15 is 0 Å². The Morgan fingerprint density at radius 1 is 1.00 bits per heavy atom. The molecule has 166 valence electrons. The summed E-state index contributed by atoms with van der Waals surface area (Å²) >= 11 is 6.06. The largest absolute Gasteiger partial charge is 0.308 e. The van der Waals surface area contributed by atoms with Gasteiger partial charge in [0.05, 0.1) is 11.0 Å². The number of likely N-dealkylation sites (N-methyl/N-ethyl adjacent to an activating group) is 1. The molecule has 4 rings (SSSR count). The highest BCUT2D eigenvalue weighted by molar-refractivity contribution is 6.30. The normalized spacial score (nSPS) is 11.0. The van der Waals surface area contributed by atoms with E-state index in [1.54, 1.807) is 6.92 Å². The van der Waals surface area contributed by atoms with Gasteiger partial charge in [-0.25, -0.2) is 4.98 Å². The highest BCUT2D eigenvalue weighted by Gasteiger charge is 2.23. The van der Waals surface area contributed by atoms with Crippen LogP contribution in [0.3, 0.4) is 0 Å². The molecule has 0 aliphatic heterocycles. The van der Waals surface area contributed by atoms with E-state index in [-0.39, 0.29) is 30.6 Å². The number of hydrogen-bond donors (Lipinski definition) is 0. The van der Waals surface area contributed by atoms with Crippen molar-refractivity contribution in [2.75, 3.05) is 19.6 Å². The molecule has 0 saturated heterocycles. The molecule has 0 saturated carbocycles. The van der Waals surface area contributed by atoms with Crippen LogP contribution >= 0.6 is 36.4 Å². The van der Waals surface area contributed by atoms with Crippen LogP contribution < -0.4 is 0 Å². The number of imidazole rings is 2. The van der Waals surface area contributed by atoms with Crippen molar-refractivity contribution < 1.29 is 4.79 Å². The monoisotopic (exact) mass is 480 g/mol. The van der Waals surface area contributed by atoms with Gasteiger partial charge in [0.1, 0.15) is 11.4 Å². The van der Waals surface area contributed by atoms with Crippen LogP contribution in [0.1, 0.15) is 31.3 Å². The second-order valence-electron chi connectivity index (χ2n) is 7.17. The van der Waals surface area contributed by atoms with E-state index in [0.29, 0.717) is 16.4 Å². The molecule has 2 heterocycles. The van der Waals surface area contributed by atoms with Crippen LogP contribution in [-0.4, -0.2) is 44.3 Å². The van der Waals surface area contributed by atoms with Gasteiger partial charge in [0.2, 0.25) is 5.78 Å². The maximum Gasteiger partial charge on any atom is 0.216 e. The molecule has 0 N–H and O–H groups in total. The lowest BCUT2D eigenvalue weighted by molar-refractivity contribution is 0.101. The number of para-hydroxylation sites is 2. The summed E-state index contributed by atoms with van der Waals surface area (Å²) in [7, 11) is 0. The van der Waals surface area contributed by atoms with Gasteiger partial charge in [-0.05, 0) is 37.4 Å². The Morgan fingerprint density at radius 2 is 1.61 bits per heavy atom. The lowest BCUT2D eigenvalue weighted by Crippen LogP contribution is -2.27. The van der Waals surface area contributed by atoms with Gasteiger partial charge in [0, 0.05) is 30.6 Å². The Morgan fingerprint density at radius 3 is 2.19 bits per heavy atom. The van der Waals surface area contributed by atoms with Gasteiger partial charge < -0.3 is 9.47 Å². The van der Waals surface area contributed by atoms with Crippen LogP contribution in [0.25, 0.3) is 28.1 Å². The minimum absolute atomic E-state index is 0. The third-order valence-corrected chi connectivity index (χ3v) is 5.75. The van der Waals surface area contributed by atoms with Crippen LogP contribution in [0.4, 0.5) is 0 Å². The van der Waals surface area contributed by atoms with E-state index in [9.17, 15) is 4.79 Å². The van der Waals surface area contributed by atoms with E-state index in [1.165, 1.54) is 0 Å². The van der Waals surface area contributed by atoms with Crippen molar-refractivity contribution in [2.24, 2.45) is 0 Å². The first-order valence-electron chi connectivity index (χ1n) is 10.0. The third kappa shape index (κ3) is 4.60. The number of benzene rings is 2. The maximum absolute atomic E-state index is 12.7. The highest BCUT2D eigenvalue weighted by Crippen LogP contribution is 2.31. The molecule has 2 aromatic carbocycles. The fourth-order valence-corrected chi connectivity index (χ4v) is 4.07. The second kappa shape index (κ2) is 10.5. The number of rotatable bonds is 7. The Labute approximate surface area is 199 Å². The second-order valence-corrected chi connectivity index (χ2v) is 7.61. The smallest absolute Gasteiger partial charge is 0.216 e. The van der Waals surface area contributed by atoms with Gasteiger partial charge in [-0.2, -0.15) is 0 Å². The molecule has 8 heteroatoms. The van der Waals surface area contributed by atoms with Crippen LogP contribution in [0.5, 0.6) is 0 Å². The van der Waals surface area contributed by atoms with Crippen molar-refractivity contribution in [3.63, 3.8) is 0 Å². The number of ketones is 1. The molecule has 0 amide bonds. The zero-order valence-electron chi connectivity index (χ0n) is 17.8. The molecule has 0 aliphatic rings. The summed E-state index contributed by atoms with van der Waals surface area (Å²) in [5.41, 5.74) is 4.29. The van der Waals surface area contributed by atoms with E-state index in [1.807, 2.05) is 40.8 Å². The molecule has 4 aromatic rings. The average molecular weight is 482 g/mol. The lowest BCUT2D eigenvalue weighted by atomic mass is 10.1. The van der Waals surface area contributed by atoms with Crippen LogP contribution in [0, 0.1) is 0 Å². The van der Waals surface area contributed by atoms with Gasteiger partial charge in [0.15, 0.2) is 5.78 Å². The van der Waals surface area contributed by atoms with Gasteiger partial charge in [-0.15, -0.1) is 24.8 Å². The summed E-state index contributed by atoms with van der Waals surface area (Å²) in [6.07, 6.45) is 0. The first-order chi connectivity index (χ1) is 14.0. The number of fused-ring (bicyclic) bond motifs is 3. The molecular formula is C23H27Cl3N4O. The molecule has 0 unspecified atom stereocenters. The predicted octanol–water partition coefficient (Wildman–Crippen LogP) is 6.00. The Bertz CT molecular complexity index is 1180. The molecule has 5 nitrogen and oxygen atoms in total. The van der Waals surface area contributed by atoms with Crippen LogP contribution in [0.2, 0.25) is 5.02 Å². The maximum atomic E-state index is 12.7. The van der Waals surface area contributed by atoms with Gasteiger partial charge in [-0.1, -0.05) is 49.7 Å². The summed E-state index contributed by atoms with van der Waals surface area (Å²) < 4.78 is 4.23. The fraction of sp³-hybridized carbons (Fsp3) is 0.304. The van der Waals surface area contributed by atoms with Crippen molar-refractivity contribution in [1.82, 2.24) is 18.9 Å². The molecule has 0 aliphatic carbocycles. The standard InChI is InChI=1S/C23H25ClN4O.2ClH/c1-4-26(5-2)14-15-27-19-8-6-7-9-20(19)28-22(16(3)29)21(25-23(27)28)17-10-12-18(24)13-11-17;;/h6-13H,4-5,14-15H2,1-3H3;2*1H. The molecule has 0 atom stereocenters. The van der Waals surface area contributed by atoms with E-state index in [0.717, 1.165) is 48.6 Å². The Balaban J connectivity index is 0.00000171. The quantitative estimate of drug-likeness (QED) is 0.304. The molecule has 0 radical (unpaired) electrons. The fourth-order valence-electron chi connectivity index (χ4n) is 3.94. The highest BCUT2D eigenvalue weighted by atomic mass is 35.5. The molecule has 0 bridgehead atoms. The molecule has 0 fully saturated rings. The Kier molecular flexibility index (Phi) is 8.55. The van der Waals surface area contributed by atoms with Crippen molar-refractivity contribution in [2.45, 2.75) is 27.3 Å². The zero-order valence-corrected chi connectivity index (χ0v) is 20.2. The van der Waals surface area contributed by atoms with Crippen molar-refractivity contribution in [3.05, 3.63) is 59.2 Å². The van der Waals surface area contributed by atoms with Gasteiger partial charge >= 0.3 is 0 Å². The average Bonchev–Trinajstić information content (AvgIpc) is 3.25. The molecule has 0 spiro atoms. The molecule has 31 heavy (non-hydrogen) atoms. The summed E-state index contributed by atoms with van der Waals surface area (Å²) in [6, 6.07) is 15.7. The zero-order chi connectivity index (χ0) is 20.5. The van der Waals surface area contributed by atoms with E-state index in [4.69, 9.17) is 16.6 Å². The minimum atomic E-state index is -0.00547. The Hall–Kier alpha value is -2.05. The number of carbonyl (C=O) groups excluding carboxylic acids is 1. The van der Waals surface area contributed by atoms with E-state index < -0.39 is 0 Å².